The highest BCUT2D eigenvalue weighted by molar-refractivity contribution is 6.18. The molecule has 2 aliphatic heterocycles. The number of carbonyl (C=O) groups is 3. The topological polar surface area (TPSA) is 94.8 Å². The molecular weight excluding hydrogens is 278 g/mol. The number of rotatable bonds is 1. The van der Waals surface area contributed by atoms with Gasteiger partial charge in [-0.05, 0) is 18.2 Å². The normalized spacial score (nSPS) is 20.3. The molecule has 1 fully saturated rings. The average Bonchev–Trinajstić information content (AvgIpc) is 2.91. The zero-order valence-electron chi connectivity index (χ0n) is 11.2. The quantitative estimate of drug-likeness (QED) is 0.474. The smallest absolute Gasteiger partial charge is 0.348 e. The Morgan fingerprint density at radius 3 is 2.38 bits per heavy atom. The summed E-state index contributed by atoms with van der Waals surface area (Å²) in [5.41, 5.74) is -0.297. The van der Waals surface area contributed by atoms with E-state index in [0.29, 0.717) is 5.69 Å². The number of fused-ring (bicyclic) bond motifs is 1. The molecule has 0 saturated carbocycles. The molecule has 0 spiro atoms. The number of ether oxygens (including phenoxy) is 2. The predicted octanol–water partition coefficient (Wildman–Crippen LogP) is 1.17. The van der Waals surface area contributed by atoms with Crippen molar-refractivity contribution in [3.63, 3.8) is 0 Å². The number of cyclic esters (lactones) is 2. The molecule has 1 N–H and O–H groups in total. The number of aliphatic hydroxyl groups is 1. The molecule has 0 amide bonds. The van der Waals surface area contributed by atoms with Crippen molar-refractivity contribution in [3.8, 4) is 0 Å². The second-order valence-electron chi connectivity index (χ2n) is 5.07. The van der Waals surface area contributed by atoms with Crippen LogP contribution in [0.1, 0.15) is 24.3 Å². The van der Waals surface area contributed by atoms with Gasteiger partial charge in [0.1, 0.15) is 5.57 Å². The van der Waals surface area contributed by atoms with Crippen molar-refractivity contribution in [1.82, 2.24) is 4.57 Å². The van der Waals surface area contributed by atoms with Crippen LogP contribution in [0.5, 0.6) is 0 Å². The van der Waals surface area contributed by atoms with Crippen LogP contribution in [0, 0.1) is 0 Å². The van der Waals surface area contributed by atoms with E-state index < -0.39 is 29.2 Å². The van der Waals surface area contributed by atoms with E-state index in [1.807, 2.05) is 0 Å². The molecule has 7 heteroatoms. The van der Waals surface area contributed by atoms with Gasteiger partial charge in [0.25, 0.3) is 11.7 Å². The van der Waals surface area contributed by atoms with Crippen LogP contribution >= 0.6 is 0 Å². The molecule has 0 atom stereocenters. The summed E-state index contributed by atoms with van der Waals surface area (Å²) in [7, 11) is 0. The fourth-order valence-corrected chi connectivity index (χ4v) is 2.17. The van der Waals surface area contributed by atoms with Gasteiger partial charge in [-0.25, -0.2) is 9.59 Å². The van der Waals surface area contributed by atoms with Crippen LogP contribution in [0.2, 0.25) is 0 Å². The van der Waals surface area contributed by atoms with Crippen LogP contribution in [0.4, 0.5) is 0 Å². The number of hydrogen-bond acceptors (Lipinski definition) is 6. The van der Waals surface area contributed by atoms with E-state index in [1.54, 1.807) is 12.1 Å². The van der Waals surface area contributed by atoms with Crippen molar-refractivity contribution >= 4 is 23.6 Å². The van der Waals surface area contributed by atoms with Crippen molar-refractivity contribution in [2.24, 2.45) is 0 Å². The zero-order chi connectivity index (χ0) is 15.4. The molecule has 108 valence electrons. The summed E-state index contributed by atoms with van der Waals surface area (Å²) in [6.45, 7) is 2.84. The monoisotopic (exact) mass is 289 g/mol. The molecule has 0 bridgehead atoms. The van der Waals surface area contributed by atoms with Crippen LogP contribution in [0.3, 0.4) is 0 Å². The third kappa shape index (κ3) is 1.94. The summed E-state index contributed by atoms with van der Waals surface area (Å²) in [5, 5.41) is 10.00. The summed E-state index contributed by atoms with van der Waals surface area (Å²) in [6.07, 6.45) is 2.46. The summed E-state index contributed by atoms with van der Waals surface area (Å²) >= 11 is 0. The highest BCUT2D eigenvalue weighted by Gasteiger charge is 2.40. The summed E-state index contributed by atoms with van der Waals surface area (Å²) in [6, 6.07) is 3.14. The Kier molecular flexibility index (Phi) is 2.56. The molecule has 0 aromatic carbocycles. The van der Waals surface area contributed by atoms with Gasteiger partial charge in [0.2, 0.25) is 0 Å². The van der Waals surface area contributed by atoms with E-state index in [-0.39, 0.29) is 11.3 Å². The molecular formula is C14H11NO6. The van der Waals surface area contributed by atoms with Crippen LogP contribution in [0.15, 0.2) is 35.6 Å². The number of hydrogen-bond donors (Lipinski definition) is 1. The van der Waals surface area contributed by atoms with Crippen LogP contribution < -0.4 is 0 Å². The maximum absolute atomic E-state index is 12.1. The lowest BCUT2D eigenvalue weighted by molar-refractivity contribution is -0.222. The van der Waals surface area contributed by atoms with Gasteiger partial charge in [0.15, 0.2) is 5.76 Å². The number of aromatic nitrogens is 1. The minimum absolute atomic E-state index is 0.158. The van der Waals surface area contributed by atoms with Crippen LogP contribution in [-0.2, 0) is 19.1 Å². The van der Waals surface area contributed by atoms with Crippen molar-refractivity contribution in [3.05, 3.63) is 41.2 Å². The summed E-state index contributed by atoms with van der Waals surface area (Å²) in [4.78, 5) is 35.7. The van der Waals surface area contributed by atoms with Gasteiger partial charge >= 0.3 is 11.9 Å². The molecule has 3 rings (SSSR count). The Labute approximate surface area is 119 Å². The third-order valence-electron chi connectivity index (χ3n) is 3.10. The lowest BCUT2D eigenvalue weighted by Crippen LogP contribution is -2.41. The maximum atomic E-state index is 12.1. The second kappa shape index (κ2) is 4.08. The first-order valence-corrected chi connectivity index (χ1v) is 6.14. The molecule has 0 unspecified atom stereocenters. The summed E-state index contributed by atoms with van der Waals surface area (Å²) in [5.74, 6) is -4.00. The third-order valence-corrected chi connectivity index (χ3v) is 3.10. The highest BCUT2D eigenvalue weighted by Crippen LogP contribution is 2.29. The maximum Gasteiger partial charge on any atom is 0.348 e. The Morgan fingerprint density at radius 2 is 1.81 bits per heavy atom. The lowest BCUT2D eigenvalue weighted by atomic mass is 10.1. The molecule has 7 nitrogen and oxygen atoms in total. The molecule has 1 saturated heterocycles. The Morgan fingerprint density at radius 1 is 1.19 bits per heavy atom. The van der Waals surface area contributed by atoms with Crippen molar-refractivity contribution < 1.29 is 29.0 Å². The fraction of sp³-hybridized carbons (Fsp3) is 0.214. The van der Waals surface area contributed by atoms with E-state index in [9.17, 15) is 19.5 Å². The van der Waals surface area contributed by atoms with Crippen LogP contribution in [0.25, 0.3) is 5.76 Å². The van der Waals surface area contributed by atoms with Gasteiger partial charge in [-0.2, -0.15) is 0 Å². The highest BCUT2D eigenvalue weighted by atomic mass is 16.7. The van der Waals surface area contributed by atoms with E-state index in [4.69, 9.17) is 9.47 Å². The molecule has 0 radical (unpaired) electrons. The zero-order valence-corrected chi connectivity index (χ0v) is 11.2. The number of allylic oxidation sites excluding steroid dienone is 2. The molecule has 21 heavy (non-hydrogen) atoms. The largest absolute Gasteiger partial charge is 0.505 e. The number of carbonyl (C=O) groups excluding carboxylic acids is 3. The fourth-order valence-electron chi connectivity index (χ4n) is 2.17. The first kappa shape index (κ1) is 13.2. The second-order valence-corrected chi connectivity index (χ2v) is 5.07. The number of aliphatic hydroxyl groups excluding tert-OH is 1. The first-order chi connectivity index (χ1) is 9.80. The Bertz CT molecular complexity index is 727. The van der Waals surface area contributed by atoms with Crippen molar-refractivity contribution in [1.29, 1.82) is 0 Å². The minimum Gasteiger partial charge on any atom is -0.505 e. The molecule has 2 aliphatic rings. The van der Waals surface area contributed by atoms with Gasteiger partial charge in [0, 0.05) is 20.0 Å². The van der Waals surface area contributed by atoms with Crippen molar-refractivity contribution in [2.75, 3.05) is 0 Å². The number of esters is 2. The molecule has 0 aliphatic carbocycles. The Hall–Kier alpha value is -2.83. The van der Waals surface area contributed by atoms with Gasteiger partial charge in [-0.1, -0.05) is 0 Å². The van der Waals surface area contributed by atoms with E-state index >= 15 is 0 Å². The minimum atomic E-state index is -1.35. The van der Waals surface area contributed by atoms with Gasteiger partial charge in [-0.15, -0.1) is 0 Å². The van der Waals surface area contributed by atoms with Gasteiger partial charge in [0.05, 0.1) is 11.3 Å². The SMILES string of the molecule is CC1(C)OC(=O)C(=CC2=C(O)c3cccn3C2=O)C(=O)O1. The number of nitrogens with zero attached hydrogens (tertiary/aromatic N) is 1. The summed E-state index contributed by atoms with van der Waals surface area (Å²) < 4.78 is 11.1. The van der Waals surface area contributed by atoms with Gasteiger partial charge < -0.3 is 14.6 Å². The van der Waals surface area contributed by atoms with E-state index in [0.717, 1.165) is 6.08 Å². The lowest BCUT2D eigenvalue weighted by Gasteiger charge is -2.29. The van der Waals surface area contributed by atoms with Crippen molar-refractivity contribution in [2.45, 2.75) is 19.6 Å². The molecule has 1 aromatic heterocycles. The van der Waals surface area contributed by atoms with Gasteiger partial charge in [-0.3, -0.25) is 9.36 Å². The van der Waals surface area contributed by atoms with E-state index in [2.05, 4.69) is 0 Å². The first-order valence-electron chi connectivity index (χ1n) is 6.14. The Balaban J connectivity index is 2.02. The van der Waals surface area contributed by atoms with E-state index in [1.165, 1.54) is 24.6 Å². The molecule has 1 aromatic rings. The molecule has 3 heterocycles. The van der Waals surface area contributed by atoms with Crippen LogP contribution in [-0.4, -0.2) is 33.3 Å². The average molecular weight is 289 g/mol. The standard InChI is InChI=1S/C14H11NO6/c1-14(2)20-12(18)8(13(19)21-14)6-7-10(16)9-4-3-5-15(9)11(7)17/h3-6,16H,1-2H3. The predicted molar refractivity (Wildman–Crippen MR) is 69.0 cm³/mol.